The third-order valence-corrected chi connectivity index (χ3v) is 8.02. The van der Waals surface area contributed by atoms with Crippen LogP contribution in [0.5, 0.6) is 11.6 Å². The number of amides is 4. The summed E-state index contributed by atoms with van der Waals surface area (Å²) in [6, 6.07) is 9.88. The lowest BCUT2D eigenvalue weighted by Crippen LogP contribution is -2.49. The normalized spacial score (nSPS) is 13.4. The summed E-state index contributed by atoms with van der Waals surface area (Å²) in [6.07, 6.45) is 4.82. The zero-order valence-electron chi connectivity index (χ0n) is 27.4. The van der Waals surface area contributed by atoms with Crippen LogP contribution in [-0.2, 0) is 11.3 Å². The van der Waals surface area contributed by atoms with Crippen molar-refractivity contribution in [3.8, 4) is 11.6 Å². The fourth-order valence-electron chi connectivity index (χ4n) is 5.40. The molecule has 1 aliphatic rings. The summed E-state index contributed by atoms with van der Waals surface area (Å²) in [5.74, 6) is -2.25. The molecule has 3 aromatic rings. The molecule has 0 radical (unpaired) electrons. The first-order chi connectivity index (χ1) is 22.6. The van der Waals surface area contributed by atoms with Gasteiger partial charge in [0.1, 0.15) is 17.4 Å². The van der Waals surface area contributed by atoms with Crippen LogP contribution in [-0.4, -0.2) is 78.6 Å². The first kappa shape index (κ1) is 38.1. The lowest BCUT2D eigenvalue weighted by atomic mass is 10.0. The number of benzene rings is 2. The van der Waals surface area contributed by atoms with Crippen LogP contribution < -0.4 is 21.1 Å². The number of nitrogens with zero attached hydrogens (tertiary/aromatic N) is 3. The minimum Gasteiger partial charge on any atom is -0.439 e. The van der Waals surface area contributed by atoms with Gasteiger partial charge < -0.3 is 30.7 Å². The molecule has 0 aliphatic carbocycles. The highest BCUT2D eigenvalue weighted by Crippen LogP contribution is 2.26. The summed E-state index contributed by atoms with van der Waals surface area (Å²) < 4.78 is 39.3. The van der Waals surface area contributed by atoms with Gasteiger partial charge in [-0.1, -0.05) is 19.4 Å². The molecule has 0 spiro atoms. The Morgan fingerprint density at radius 3 is 2.46 bits per heavy atom. The van der Waals surface area contributed by atoms with Gasteiger partial charge in [-0.3, -0.25) is 14.5 Å². The maximum atomic E-state index is 14.4. The average molecular weight is 689 g/mol. The third-order valence-electron chi connectivity index (χ3n) is 8.02. The van der Waals surface area contributed by atoms with Gasteiger partial charge in [-0.15, -0.1) is 12.4 Å². The van der Waals surface area contributed by atoms with Crippen LogP contribution in [0.2, 0.25) is 0 Å². The van der Waals surface area contributed by atoms with Crippen molar-refractivity contribution in [1.29, 1.82) is 0 Å². The van der Waals surface area contributed by atoms with Crippen LogP contribution in [0.1, 0.15) is 64.4 Å². The minimum atomic E-state index is -1.08. The number of hydrogen-bond acceptors (Lipinski definition) is 7. The number of unbranched alkanes of at least 4 members (excludes halogenated alkanes) is 1. The second-order valence-corrected chi connectivity index (χ2v) is 11.5. The molecule has 1 aliphatic heterocycles. The van der Waals surface area contributed by atoms with E-state index in [-0.39, 0.29) is 30.0 Å². The number of carbonyl (C=O) groups excluding carboxylic acids is 3. The summed E-state index contributed by atoms with van der Waals surface area (Å²) in [7, 11) is 1.58. The van der Waals surface area contributed by atoms with E-state index < -0.39 is 29.1 Å². The number of methoxy groups -OCH3 is 1. The number of rotatable bonds is 14. The number of likely N-dealkylation sites (tertiary alicyclic amines) is 1. The number of carbonyl (C=O) groups is 3. The highest BCUT2D eigenvalue weighted by atomic mass is 35.5. The lowest BCUT2D eigenvalue weighted by Gasteiger charge is -2.38. The fourth-order valence-corrected chi connectivity index (χ4v) is 5.40. The summed E-state index contributed by atoms with van der Waals surface area (Å²) in [5, 5.41) is 5.31. The molecule has 4 rings (SSSR count). The third kappa shape index (κ3) is 10.3. The average Bonchev–Trinajstić information content (AvgIpc) is 3.05. The van der Waals surface area contributed by atoms with Crippen molar-refractivity contribution in [3.05, 3.63) is 82.5 Å². The van der Waals surface area contributed by atoms with E-state index in [1.807, 2.05) is 26.0 Å². The highest BCUT2D eigenvalue weighted by molar-refractivity contribution is 5.96. The molecule has 48 heavy (non-hydrogen) atoms. The second-order valence-electron chi connectivity index (χ2n) is 11.5. The molecule has 1 saturated heterocycles. The van der Waals surface area contributed by atoms with E-state index in [1.165, 1.54) is 0 Å². The molecule has 0 unspecified atom stereocenters. The summed E-state index contributed by atoms with van der Waals surface area (Å²) in [5.41, 5.74) is 6.75. The molecule has 4 N–H and O–H groups in total. The van der Waals surface area contributed by atoms with Gasteiger partial charge in [-0.25, -0.2) is 18.6 Å². The Labute approximate surface area is 285 Å². The molecule has 0 saturated carbocycles. The van der Waals surface area contributed by atoms with Crippen LogP contribution >= 0.6 is 12.4 Å². The second kappa shape index (κ2) is 18.3. The first-order valence-electron chi connectivity index (χ1n) is 15.7. The number of hydrogen-bond donors (Lipinski definition) is 3. The lowest BCUT2D eigenvalue weighted by molar-refractivity contribution is 0.0936. The van der Waals surface area contributed by atoms with E-state index in [4.69, 9.17) is 15.2 Å². The van der Waals surface area contributed by atoms with Crippen molar-refractivity contribution in [2.24, 2.45) is 5.73 Å². The standard InChI is InChI=1S/C34H42F2N6O5.ClH/c1-4-5-13-42(34(45)40-29-18-26(32(37)43)27(35)19-28(29)36)25-10-14-41(15-11-25)21-23-6-9-31(39-20-23)47-30-8-7-24(17-22(30)2)33(44)38-12-16-46-3;/h6-9,17-20,25H,4-5,10-16,21H2,1-3H3,(H2,37,43)(H,38,44)(H,40,45);1H. The Hall–Kier alpha value is -4.33. The van der Waals surface area contributed by atoms with Crippen molar-refractivity contribution in [2.45, 2.75) is 52.1 Å². The maximum absolute atomic E-state index is 14.4. The fraction of sp³-hybridized carbons (Fsp3) is 0.412. The summed E-state index contributed by atoms with van der Waals surface area (Å²) >= 11 is 0. The first-order valence-corrected chi connectivity index (χ1v) is 15.7. The van der Waals surface area contributed by atoms with Crippen molar-refractivity contribution < 1.29 is 32.6 Å². The van der Waals surface area contributed by atoms with Gasteiger partial charge in [0.05, 0.1) is 17.9 Å². The van der Waals surface area contributed by atoms with Gasteiger partial charge in [-0.2, -0.15) is 0 Å². The SMILES string of the molecule is CCCCN(C(=O)Nc1cc(C(N)=O)c(F)cc1F)C1CCN(Cc2ccc(Oc3ccc(C(=O)NCCOC)cc3C)nc2)CC1.Cl. The molecular weight excluding hydrogens is 646 g/mol. The molecule has 0 bridgehead atoms. The van der Waals surface area contributed by atoms with Gasteiger partial charge in [0, 0.05) is 69.8 Å². The Kier molecular flexibility index (Phi) is 14.5. The number of anilines is 1. The monoisotopic (exact) mass is 688 g/mol. The predicted molar refractivity (Wildman–Crippen MR) is 181 cm³/mol. The van der Waals surface area contributed by atoms with Crippen LogP contribution in [0, 0.1) is 18.6 Å². The predicted octanol–water partition coefficient (Wildman–Crippen LogP) is 5.66. The Morgan fingerprint density at radius 2 is 1.83 bits per heavy atom. The molecule has 260 valence electrons. The molecule has 1 aromatic heterocycles. The number of primary amides is 1. The Morgan fingerprint density at radius 1 is 1.08 bits per heavy atom. The Bertz CT molecular complexity index is 1550. The molecule has 11 nitrogen and oxygen atoms in total. The molecule has 14 heteroatoms. The Balaban J connectivity index is 0.00000625. The van der Waals surface area contributed by atoms with Gasteiger partial charge in [0.15, 0.2) is 0 Å². The van der Waals surface area contributed by atoms with E-state index in [2.05, 4.69) is 20.5 Å². The van der Waals surface area contributed by atoms with E-state index in [1.54, 1.807) is 36.4 Å². The zero-order chi connectivity index (χ0) is 33.9. The van der Waals surface area contributed by atoms with Crippen molar-refractivity contribution in [1.82, 2.24) is 20.1 Å². The van der Waals surface area contributed by atoms with Gasteiger partial charge in [-0.05, 0) is 61.6 Å². The molecule has 0 atom stereocenters. The van der Waals surface area contributed by atoms with Gasteiger partial charge in [0.2, 0.25) is 5.88 Å². The van der Waals surface area contributed by atoms with E-state index >= 15 is 0 Å². The van der Waals surface area contributed by atoms with Gasteiger partial charge in [0.25, 0.3) is 11.8 Å². The number of halogens is 3. The highest BCUT2D eigenvalue weighted by Gasteiger charge is 2.29. The van der Waals surface area contributed by atoms with Gasteiger partial charge >= 0.3 is 6.03 Å². The quantitative estimate of drug-likeness (QED) is 0.186. The van der Waals surface area contributed by atoms with Crippen molar-refractivity contribution in [3.63, 3.8) is 0 Å². The number of nitrogens with two attached hydrogens (primary N) is 1. The molecular formula is C34H43ClF2N6O5. The number of piperidine rings is 1. The number of aryl methyl sites for hydroxylation is 1. The number of urea groups is 1. The summed E-state index contributed by atoms with van der Waals surface area (Å²) in [4.78, 5) is 45.5. The van der Waals surface area contributed by atoms with Crippen molar-refractivity contribution in [2.75, 3.05) is 45.2 Å². The van der Waals surface area contributed by atoms with Crippen LogP contribution in [0.25, 0.3) is 0 Å². The summed E-state index contributed by atoms with van der Waals surface area (Å²) in [6.45, 7) is 7.38. The van der Waals surface area contributed by atoms with Crippen molar-refractivity contribution >= 4 is 35.9 Å². The molecule has 4 amide bonds. The minimum absolute atomic E-state index is 0. The van der Waals surface area contributed by atoms with E-state index in [9.17, 15) is 23.2 Å². The largest absolute Gasteiger partial charge is 0.439 e. The topological polar surface area (TPSA) is 139 Å². The molecule has 1 fully saturated rings. The smallest absolute Gasteiger partial charge is 0.322 e. The van der Waals surface area contributed by atoms with E-state index in [0.717, 1.165) is 43.1 Å². The van der Waals surface area contributed by atoms with Crippen LogP contribution in [0.4, 0.5) is 19.3 Å². The van der Waals surface area contributed by atoms with E-state index in [0.29, 0.717) is 62.3 Å². The molecule has 2 heterocycles. The zero-order valence-corrected chi connectivity index (χ0v) is 28.2. The van der Waals surface area contributed by atoms with Crippen LogP contribution in [0.15, 0.2) is 48.7 Å². The molecule has 2 aromatic carbocycles. The number of nitrogens with one attached hydrogen (secondary N) is 2. The number of aromatic nitrogens is 1. The van der Waals surface area contributed by atoms with Crippen LogP contribution in [0.3, 0.4) is 0 Å². The maximum Gasteiger partial charge on any atom is 0.322 e. The number of ether oxygens (including phenoxy) is 2. The number of pyridine rings is 1.